The molecule has 3 rings (SSSR count). The van der Waals surface area contributed by atoms with Crippen molar-refractivity contribution in [3.63, 3.8) is 0 Å². The summed E-state index contributed by atoms with van der Waals surface area (Å²) in [5, 5.41) is 2.37. The Labute approximate surface area is 219 Å². The molecule has 14 heteroatoms. The van der Waals surface area contributed by atoms with E-state index in [2.05, 4.69) is 5.32 Å². The molecule has 7 nitrogen and oxygen atoms in total. The lowest BCUT2D eigenvalue weighted by Crippen LogP contribution is -2.48. The van der Waals surface area contributed by atoms with Crippen LogP contribution >= 0.6 is 0 Å². The van der Waals surface area contributed by atoms with E-state index < -0.39 is 64.8 Å². The molecule has 2 aromatic carbocycles. The van der Waals surface area contributed by atoms with Crippen LogP contribution in [0.4, 0.5) is 41.2 Å². The number of hydrogen-bond acceptors (Lipinski definition) is 3. The first-order valence-electron chi connectivity index (χ1n) is 11.6. The summed E-state index contributed by atoms with van der Waals surface area (Å²) in [4.78, 5) is 40.4. The summed E-state index contributed by atoms with van der Waals surface area (Å²) in [6, 6.07) is 4.42. The molecule has 39 heavy (non-hydrogen) atoms. The monoisotopic (exact) mass is 562 g/mol. The van der Waals surface area contributed by atoms with Gasteiger partial charge in [-0.1, -0.05) is 12.1 Å². The first-order chi connectivity index (χ1) is 18.0. The number of nitrogens with one attached hydrogen (secondary N) is 1. The third-order valence-corrected chi connectivity index (χ3v) is 6.47. The first kappa shape index (κ1) is 29.7. The maximum atomic E-state index is 13.5. The molecule has 0 spiro atoms. The third kappa shape index (κ3) is 6.98. The molecular weight excluding hydrogens is 537 g/mol. The van der Waals surface area contributed by atoms with E-state index in [0.717, 1.165) is 11.9 Å². The number of amides is 4. The van der Waals surface area contributed by atoms with Gasteiger partial charge in [0.15, 0.2) is 0 Å². The largest absolute Gasteiger partial charge is 0.416 e. The van der Waals surface area contributed by atoms with Crippen LogP contribution in [0.1, 0.15) is 29.5 Å². The Bertz CT molecular complexity index is 1200. The summed E-state index contributed by atoms with van der Waals surface area (Å²) < 4.78 is 93.5. The van der Waals surface area contributed by atoms with E-state index in [9.17, 15) is 45.1 Å². The van der Waals surface area contributed by atoms with E-state index >= 15 is 0 Å². The van der Waals surface area contributed by atoms with E-state index in [-0.39, 0.29) is 25.7 Å². The second-order valence-corrected chi connectivity index (χ2v) is 9.15. The zero-order valence-corrected chi connectivity index (χ0v) is 21.0. The Morgan fingerprint density at radius 1 is 0.923 bits per heavy atom. The number of carbonyl (C=O) groups is 3. The first-order valence-corrected chi connectivity index (χ1v) is 11.6. The molecule has 0 radical (unpaired) electrons. The molecular formula is C25H25F7N4O3. The Balaban J connectivity index is 1.93. The molecule has 1 aliphatic heterocycles. The van der Waals surface area contributed by atoms with Crippen LogP contribution in [0.15, 0.2) is 42.5 Å². The maximum Gasteiger partial charge on any atom is 0.416 e. The molecule has 1 N–H and O–H groups in total. The van der Waals surface area contributed by atoms with E-state index in [0.29, 0.717) is 22.6 Å². The molecule has 1 heterocycles. The van der Waals surface area contributed by atoms with Gasteiger partial charge in [-0.3, -0.25) is 14.5 Å². The SMILES string of the molecule is CC(=O)NCC(=O)N1CC(c2ccc(F)cc2)C(N(C)C(=O)N(C)c2cc(C(F)(F)F)cc(C(F)(F)F)c2)C1. The van der Waals surface area contributed by atoms with E-state index in [1.54, 1.807) is 0 Å². The fourth-order valence-electron chi connectivity index (χ4n) is 4.35. The Hall–Kier alpha value is -3.84. The maximum absolute atomic E-state index is 13.5. The van der Waals surface area contributed by atoms with Gasteiger partial charge in [-0.15, -0.1) is 0 Å². The van der Waals surface area contributed by atoms with Crippen molar-refractivity contribution in [2.75, 3.05) is 38.6 Å². The summed E-state index contributed by atoms with van der Waals surface area (Å²) >= 11 is 0. The zero-order valence-electron chi connectivity index (χ0n) is 21.0. The number of carbonyl (C=O) groups excluding carboxylic acids is 3. The van der Waals surface area contributed by atoms with Crippen LogP contribution in [0.25, 0.3) is 0 Å². The molecule has 2 atom stereocenters. The molecule has 1 fully saturated rings. The van der Waals surface area contributed by atoms with Crippen molar-refractivity contribution in [2.24, 2.45) is 0 Å². The number of nitrogens with zero attached hydrogens (tertiary/aromatic N) is 3. The van der Waals surface area contributed by atoms with Gasteiger partial charge in [-0.25, -0.2) is 9.18 Å². The number of rotatable bonds is 5. The predicted molar refractivity (Wildman–Crippen MR) is 126 cm³/mol. The topological polar surface area (TPSA) is 73.0 Å². The molecule has 4 amide bonds. The van der Waals surface area contributed by atoms with Gasteiger partial charge in [-0.2, -0.15) is 26.3 Å². The van der Waals surface area contributed by atoms with Crippen LogP contribution in [0.3, 0.4) is 0 Å². The molecule has 1 saturated heterocycles. The van der Waals surface area contributed by atoms with Crippen molar-refractivity contribution < 1.29 is 45.1 Å². The highest BCUT2D eigenvalue weighted by Gasteiger charge is 2.42. The van der Waals surface area contributed by atoms with Gasteiger partial charge >= 0.3 is 18.4 Å². The fraction of sp³-hybridized carbons (Fsp3) is 0.400. The number of anilines is 1. The molecule has 2 aromatic rings. The number of hydrogen-bond donors (Lipinski definition) is 1. The third-order valence-electron chi connectivity index (χ3n) is 6.47. The Morgan fingerprint density at radius 2 is 1.46 bits per heavy atom. The van der Waals surface area contributed by atoms with Gasteiger partial charge in [0, 0.05) is 45.7 Å². The number of benzene rings is 2. The lowest BCUT2D eigenvalue weighted by molar-refractivity contribution is -0.143. The van der Waals surface area contributed by atoms with E-state index in [1.165, 1.54) is 43.1 Å². The normalized spacial score (nSPS) is 17.6. The molecule has 0 aliphatic carbocycles. The summed E-state index contributed by atoms with van der Waals surface area (Å²) in [6.07, 6.45) is -10.2. The highest BCUT2D eigenvalue weighted by Crippen LogP contribution is 2.39. The van der Waals surface area contributed by atoms with Gasteiger partial charge in [0.05, 0.1) is 23.7 Å². The van der Waals surface area contributed by atoms with E-state index in [1.807, 2.05) is 0 Å². The summed E-state index contributed by atoms with van der Waals surface area (Å²) in [6.45, 7) is 0.923. The second kappa shape index (κ2) is 11.1. The molecule has 1 aliphatic rings. The summed E-state index contributed by atoms with van der Waals surface area (Å²) in [5.41, 5.74) is -3.23. The standard InChI is InChI=1S/C25H25F7N4O3/c1-14(37)33-11-22(38)36-12-20(15-4-6-18(26)7-5-15)21(13-36)35(3)23(39)34(2)19-9-16(24(27,28)29)8-17(10-19)25(30,31)32/h4-10,20-21H,11-13H2,1-3H3,(H,33,37). The average Bonchev–Trinajstić information content (AvgIpc) is 3.30. The van der Waals surface area contributed by atoms with Crippen LogP contribution < -0.4 is 10.2 Å². The minimum absolute atomic E-state index is 0.0361. The van der Waals surface area contributed by atoms with E-state index in [4.69, 9.17) is 0 Å². The Morgan fingerprint density at radius 3 is 1.95 bits per heavy atom. The lowest BCUT2D eigenvalue weighted by atomic mass is 9.93. The molecule has 0 saturated carbocycles. The van der Waals surface area contributed by atoms with Crippen LogP contribution in [0, 0.1) is 5.82 Å². The van der Waals surface area contributed by atoms with Crippen molar-refractivity contribution >= 4 is 23.5 Å². The molecule has 0 bridgehead atoms. The lowest BCUT2D eigenvalue weighted by Gasteiger charge is -2.33. The van der Waals surface area contributed by atoms with Crippen molar-refractivity contribution in [1.82, 2.24) is 15.1 Å². The van der Waals surface area contributed by atoms with Gasteiger partial charge in [0.1, 0.15) is 5.82 Å². The van der Waals surface area contributed by atoms with Crippen LogP contribution in [-0.4, -0.2) is 67.4 Å². The molecule has 2 unspecified atom stereocenters. The number of likely N-dealkylation sites (tertiary alicyclic amines) is 1. The van der Waals surface area contributed by atoms with Crippen molar-refractivity contribution in [2.45, 2.75) is 31.2 Å². The van der Waals surface area contributed by atoms with Crippen molar-refractivity contribution in [3.8, 4) is 0 Å². The predicted octanol–water partition coefficient (Wildman–Crippen LogP) is 4.48. The number of likely N-dealkylation sites (N-methyl/N-ethyl adjacent to an activating group) is 1. The van der Waals surface area contributed by atoms with Crippen molar-refractivity contribution in [3.05, 3.63) is 65.0 Å². The zero-order chi connectivity index (χ0) is 29.3. The van der Waals surface area contributed by atoms with Gasteiger partial charge in [-0.05, 0) is 35.9 Å². The van der Waals surface area contributed by atoms with Crippen molar-refractivity contribution in [1.29, 1.82) is 0 Å². The minimum Gasteiger partial charge on any atom is -0.347 e. The fourth-order valence-corrected chi connectivity index (χ4v) is 4.35. The summed E-state index contributed by atoms with van der Waals surface area (Å²) in [7, 11) is 2.34. The number of urea groups is 1. The van der Waals surface area contributed by atoms with Gasteiger partial charge in [0.2, 0.25) is 11.8 Å². The minimum atomic E-state index is -5.10. The quantitative estimate of drug-likeness (QED) is 0.547. The van der Waals surface area contributed by atoms with Crippen LogP contribution in [0.2, 0.25) is 0 Å². The second-order valence-electron chi connectivity index (χ2n) is 9.15. The van der Waals surface area contributed by atoms with Crippen LogP contribution in [0.5, 0.6) is 0 Å². The van der Waals surface area contributed by atoms with Gasteiger partial charge in [0.25, 0.3) is 0 Å². The number of halogens is 7. The van der Waals surface area contributed by atoms with Gasteiger partial charge < -0.3 is 15.1 Å². The summed E-state index contributed by atoms with van der Waals surface area (Å²) in [5.74, 6) is -2.01. The smallest absolute Gasteiger partial charge is 0.347 e. The number of alkyl halides is 6. The molecule has 0 aromatic heterocycles. The highest BCUT2D eigenvalue weighted by molar-refractivity contribution is 5.92. The molecule has 212 valence electrons. The highest BCUT2D eigenvalue weighted by atomic mass is 19.4. The Kier molecular flexibility index (Phi) is 8.46. The average molecular weight is 562 g/mol. The van der Waals surface area contributed by atoms with Crippen LogP contribution in [-0.2, 0) is 21.9 Å².